The second-order valence-electron chi connectivity index (χ2n) is 6.29. The van der Waals surface area contributed by atoms with E-state index in [2.05, 4.69) is 4.90 Å². The Morgan fingerprint density at radius 3 is 2.71 bits per heavy atom. The number of halogens is 1. The van der Waals surface area contributed by atoms with Gasteiger partial charge in [-0.25, -0.2) is 4.39 Å². The maximum atomic E-state index is 13.2. The quantitative estimate of drug-likeness (QED) is 0.832. The van der Waals surface area contributed by atoms with E-state index in [0.717, 1.165) is 12.1 Å². The molecule has 21 heavy (non-hydrogen) atoms. The van der Waals surface area contributed by atoms with Gasteiger partial charge in [0.25, 0.3) is 0 Å². The maximum Gasteiger partial charge on any atom is 0.237 e. The van der Waals surface area contributed by atoms with Crippen LogP contribution in [0.15, 0.2) is 24.3 Å². The molecule has 1 aromatic rings. The van der Waals surface area contributed by atoms with Gasteiger partial charge in [0.1, 0.15) is 5.82 Å². The number of hydrogen-bond acceptors (Lipinski definition) is 2. The third-order valence-corrected chi connectivity index (χ3v) is 5.13. The van der Waals surface area contributed by atoms with E-state index in [9.17, 15) is 9.18 Å². The maximum absolute atomic E-state index is 13.2. The van der Waals surface area contributed by atoms with Crippen molar-refractivity contribution in [1.82, 2.24) is 9.80 Å². The van der Waals surface area contributed by atoms with Gasteiger partial charge in [0.05, 0.1) is 6.54 Å². The van der Waals surface area contributed by atoms with E-state index >= 15 is 0 Å². The molecule has 1 saturated carbocycles. The molecule has 1 spiro atoms. The van der Waals surface area contributed by atoms with Crippen LogP contribution in [0.2, 0.25) is 0 Å². The van der Waals surface area contributed by atoms with Gasteiger partial charge in [0, 0.05) is 25.2 Å². The molecule has 3 nitrogen and oxygen atoms in total. The molecule has 1 amide bonds. The van der Waals surface area contributed by atoms with E-state index in [-0.39, 0.29) is 11.7 Å². The second-order valence-corrected chi connectivity index (χ2v) is 6.29. The Morgan fingerprint density at radius 1 is 1.38 bits per heavy atom. The van der Waals surface area contributed by atoms with Crippen LogP contribution in [0.3, 0.4) is 0 Å². The van der Waals surface area contributed by atoms with Crippen LogP contribution in [0.25, 0.3) is 0 Å². The molecule has 3 rings (SSSR count). The second kappa shape index (κ2) is 5.76. The first-order valence-corrected chi connectivity index (χ1v) is 7.90. The Balaban J connectivity index is 1.59. The number of rotatable bonds is 5. The first-order valence-electron chi connectivity index (χ1n) is 7.90. The van der Waals surface area contributed by atoms with Crippen molar-refractivity contribution in [2.24, 2.45) is 0 Å². The zero-order chi connectivity index (χ0) is 14.9. The molecule has 1 saturated heterocycles. The van der Waals surface area contributed by atoms with E-state index in [0.29, 0.717) is 25.2 Å². The Labute approximate surface area is 125 Å². The van der Waals surface area contributed by atoms with Crippen LogP contribution in [0.1, 0.15) is 38.2 Å². The van der Waals surface area contributed by atoms with E-state index in [4.69, 9.17) is 0 Å². The number of likely N-dealkylation sites (N-methyl/N-ethyl adjacent to an activating group) is 1. The van der Waals surface area contributed by atoms with Crippen molar-refractivity contribution in [1.29, 1.82) is 0 Å². The minimum atomic E-state index is -0.243. The highest BCUT2D eigenvalue weighted by Gasteiger charge is 2.49. The molecule has 2 aliphatic rings. The summed E-state index contributed by atoms with van der Waals surface area (Å²) in [7, 11) is 0. The fourth-order valence-electron chi connectivity index (χ4n) is 3.48. The molecule has 0 unspecified atom stereocenters. The fraction of sp³-hybridized carbons (Fsp3) is 0.588. The molecule has 1 heterocycles. The molecule has 1 aromatic carbocycles. The van der Waals surface area contributed by atoms with Gasteiger partial charge in [-0.3, -0.25) is 9.69 Å². The van der Waals surface area contributed by atoms with Crippen LogP contribution in [0, 0.1) is 5.82 Å². The van der Waals surface area contributed by atoms with Gasteiger partial charge >= 0.3 is 0 Å². The summed E-state index contributed by atoms with van der Waals surface area (Å²) in [6.45, 7) is 4.70. The molecule has 0 bridgehead atoms. The van der Waals surface area contributed by atoms with Crippen LogP contribution < -0.4 is 0 Å². The summed E-state index contributed by atoms with van der Waals surface area (Å²) < 4.78 is 13.2. The van der Waals surface area contributed by atoms with Crippen molar-refractivity contribution >= 4 is 5.91 Å². The van der Waals surface area contributed by atoms with Crippen molar-refractivity contribution in [3.05, 3.63) is 35.6 Å². The first-order chi connectivity index (χ1) is 10.1. The van der Waals surface area contributed by atoms with Crippen LogP contribution >= 0.6 is 0 Å². The van der Waals surface area contributed by atoms with Crippen molar-refractivity contribution in [3.8, 4) is 0 Å². The number of amides is 1. The van der Waals surface area contributed by atoms with Gasteiger partial charge in [-0.15, -0.1) is 0 Å². The summed E-state index contributed by atoms with van der Waals surface area (Å²) >= 11 is 0. The van der Waals surface area contributed by atoms with Crippen LogP contribution in [-0.4, -0.2) is 40.9 Å². The Kier molecular flexibility index (Phi) is 3.98. The molecule has 0 atom stereocenters. The predicted molar refractivity (Wildman–Crippen MR) is 80.3 cm³/mol. The lowest BCUT2D eigenvalue weighted by Crippen LogP contribution is -2.65. The van der Waals surface area contributed by atoms with Gasteiger partial charge in [0.2, 0.25) is 5.91 Å². The number of likely N-dealkylation sites (tertiary alicyclic amines) is 1. The zero-order valence-electron chi connectivity index (χ0n) is 12.6. The topological polar surface area (TPSA) is 23.6 Å². The molecular weight excluding hydrogens is 267 g/mol. The highest BCUT2D eigenvalue weighted by atomic mass is 19.1. The summed E-state index contributed by atoms with van der Waals surface area (Å²) in [4.78, 5) is 16.6. The number of carbonyl (C=O) groups excluding carboxylic acids is 1. The van der Waals surface area contributed by atoms with Gasteiger partial charge < -0.3 is 4.90 Å². The van der Waals surface area contributed by atoms with Crippen LogP contribution in [-0.2, 0) is 11.3 Å². The number of nitrogens with zero attached hydrogens (tertiary/aromatic N) is 2. The molecule has 4 heteroatoms. The Morgan fingerprint density at radius 2 is 2.19 bits per heavy atom. The molecule has 0 aromatic heterocycles. The van der Waals surface area contributed by atoms with Crippen molar-refractivity contribution in [2.75, 3.05) is 19.6 Å². The summed E-state index contributed by atoms with van der Waals surface area (Å²) in [5.41, 5.74) is 1.21. The number of benzene rings is 1. The lowest BCUT2D eigenvalue weighted by atomic mass is 9.68. The van der Waals surface area contributed by atoms with Crippen LogP contribution in [0.4, 0.5) is 4.39 Å². The van der Waals surface area contributed by atoms with Crippen molar-refractivity contribution < 1.29 is 9.18 Å². The summed E-state index contributed by atoms with van der Waals surface area (Å²) in [6.07, 6.45) is 5.04. The normalized spacial score (nSPS) is 19.9. The fourth-order valence-corrected chi connectivity index (χ4v) is 3.48. The largest absolute Gasteiger partial charge is 0.338 e. The average Bonchev–Trinajstić information content (AvgIpc) is 2.39. The highest BCUT2D eigenvalue weighted by Crippen LogP contribution is 2.46. The Hall–Kier alpha value is -1.42. The number of carbonyl (C=O) groups is 1. The van der Waals surface area contributed by atoms with Crippen molar-refractivity contribution in [3.63, 3.8) is 0 Å². The van der Waals surface area contributed by atoms with Gasteiger partial charge in [-0.05, 0) is 50.3 Å². The minimum absolute atomic E-state index is 0.160. The first kappa shape index (κ1) is 14.5. The summed E-state index contributed by atoms with van der Waals surface area (Å²) in [5, 5.41) is 0. The Bertz CT molecular complexity index is 522. The monoisotopic (exact) mass is 290 g/mol. The predicted octanol–water partition coefficient (Wildman–Crippen LogP) is 2.80. The van der Waals surface area contributed by atoms with Gasteiger partial charge in [0.15, 0.2) is 0 Å². The number of hydrogen-bond donors (Lipinski definition) is 0. The van der Waals surface area contributed by atoms with Crippen LogP contribution in [0.5, 0.6) is 0 Å². The molecule has 1 aliphatic heterocycles. The minimum Gasteiger partial charge on any atom is -0.338 e. The highest BCUT2D eigenvalue weighted by molar-refractivity contribution is 5.78. The lowest BCUT2D eigenvalue weighted by Gasteiger charge is -2.58. The SMILES string of the molecule is CCN(Cc1cccc(F)c1)C(=O)CN1CCC12CCC2. The third-order valence-electron chi connectivity index (χ3n) is 5.13. The average molecular weight is 290 g/mol. The lowest BCUT2D eigenvalue weighted by molar-refractivity contribution is -0.142. The van der Waals surface area contributed by atoms with E-state index in [1.807, 2.05) is 17.9 Å². The zero-order valence-corrected chi connectivity index (χ0v) is 12.6. The van der Waals surface area contributed by atoms with E-state index in [1.54, 1.807) is 6.07 Å². The van der Waals surface area contributed by atoms with Crippen molar-refractivity contribution in [2.45, 2.75) is 44.7 Å². The standard InChI is InChI=1S/C17H23FN2O/c1-2-19(12-14-5-3-6-15(18)11-14)16(21)13-20-10-9-17(20)7-4-8-17/h3,5-6,11H,2,4,7-10,12-13H2,1H3. The summed E-state index contributed by atoms with van der Waals surface area (Å²) in [5.74, 6) is -0.0834. The molecular formula is C17H23FN2O. The molecule has 114 valence electrons. The molecule has 0 radical (unpaired) electrons. The van der Waals surface area contributed by atoms with Gasteiger partial charge in [-0.2, -0.15) is 0 Å². The third kappa shape index (κ3) is 2.82. The van der Waals surface area contributed by atoms with E-state index in [1.165, 1.54) is 37.8 Å². The molecule has 0 N–H and O–H groups in total. The molecule has 2 fully saturated rings. The van der Waals surface area contributed by atoms with E-state index < -0.39 is 0 Å². The molecule has 1 aliphatic carbocycles. The van der Waals surface area contributed by atoms with Gasteiger partial charge in [-0.1, -0.05) is 12.1 Å². The summed E-state index contributed by atoms with van der Waals surface area (Å²) in [6, 6.07) is 6.51. The smallest absolute Gasteiger partial charge is 0.237 e.